The predicted octanol–water partition coefficient (Wildman–Crippen LogP) is 1.04. The molecule has 2 heterocycles. The maximum absolute atomic E-state index is 6.30. The van der Waals surface area contributed by atoms with Crippen LogP contribution in [-0.2, 0) is 12.1 Å². The molecule has 0 atom stereocenters. The molecular weight excluding hydrogens is 176 g/mol. The van der Waals surface area contributed by atoms with Crippen molar-refractivity contribution in [2.75, 3.05) is 11.9 Å². The molecule has 2 aliphatic rings. The first-order valence-corrected chi connectivity index (χ1v) is 5.39. The molecule has 76 valence electrons. The highest BCUT2D eigenvalue weighted by Crippen LogP contribution is 2.42. The zero-order valence-corrected chi connectivity index (χ0v) is 8.29. The van der Waals surface area contributed by atoms with Gasteiger partial charge in [0.1, 0.15) is 5.82 Å². The average Bonchev–Trinajstić information content (AvgIpc) is 2.58. The maximum atomic E-state index is 6.30. The summed E-state index contributed by atoms with van der Waals surface area (Å²) in [6.45, 7) is 2.08. The van der Waals surface area contributed by atoms with Gasteiger partial charge in [-0.2, -0.15) is 5.10 Å². The molecule has 0 bridgehead atoms. The third-order valence-corrected chi connectivity index (χ3v) is 3.46. The fraction of sp³-hybridized carbons (Fsp3) is 0.700. The largest absolute Gasteiger partial charge is 0.370 e. The molecule has 1 aliphatic carbocycles. The van der Waals surface area contributed by atoms with Crippen LogP contribution in [0.5, 0.6) is 0 Å². The van der Waals surface area contributed by atoms with Gasteiger partial charge in [-0.25, -0.2) is 4.68 Å². The first-order chi connectivity index (χ1) is 6.80. The third-order valence-electron chi connectivity index (χ3n) is 3.46. The Labute approximate surface area is 83.5 Å². The molecular formula is C10H16N4. The minimum Gasteiger partial charge on any atom is -0.370 e. The van der Waals surface area contributed by atoms with Gasteiger partial charge in [-0.1, -0.05) is 0 Å². The van der Waals surface area contributed by atoms with Crippen molar-refractivity contribution in [1.82, 2.24) is 9.78 Å². The Balaban J connectivity index is 2.01. The van der Waals surface area contributed by atoms with Crippen LogP contribution in [0, 0.1) is 0 Å². The number of aryl methyl sites for hydroxylation is 1. The van der Waals surface area contributed by atoms with Crippen LogP contribution in [0.2, 0.25) is 0 Å². The number of hydrogen-bond donors (Lipinski definition) is 2. The lowest BCUT2D eigenvalue weighted by Gasteiger charge is -2.38. The Morgan fingerprint density at radius 2 is 2.29 bits per heavy atom. The first-order valence-electron chi connectivity index (χ1n) is 5.39. The van der Waals surface area contributed by atoms with Crippen LogP contribution in [0.15, 0.2) is 6.20 Å². The Kier molecular flexibility index (Phi) is 1.62. The highest BCUT2D eigenvalue weighted by Gasteiger charge is 2.38. The molecule has 4 heteroatoms. The van der Waals surface area contributed by atoms with Crippen LogP contribution in [0.3, 0.4) is 0 Å². The number of fused-ring (bicyclic) bond motifs is 1. The van der Waals surface area contributed by atoms with Crippen LogP contribution in [0.1, 0.15) is 31.2 Å². The summed E-state index contributed by atoms with van der Waals surface area (Å²) in [5.74, 6) is 1.17. The van der Waals surface area contributed by atoms with Crippen LogP contribution in [0.4, 0.5) is 5.82 Å². The Hall–Kier alpha value is -1.03. The number of hydrogen-bond acceptors (Lipinski definition) is 3. The fourth-order valence-electron chi connectivity index (χ4n) is 2.37. The van der Waals surface area contributed by atoms with Gasteiger partial charge in [0.05, 0.1) is 6.20 Å². The average molecular weight is 192 g/mol. The monoisotopic (exact) mass is 192 g/mol. The molecule has 4 nitrogen and oxygen atoms in total. The van der Waals surface area contributed by atoms with Crippen molar-refractivity contribution >= 4 is 5.82 Å². The van der Waals surface area contributed by atoms with E-state index in [1.165, 1.54) is 17.8 Å². The van der Waals surface area contributed by atoms with Crippen molar-refractivity contribution in [2.24, 2.45) is 5.73 Å². The molecule has 0 unspecified atom stereocenters. The van der Waals surface area contributed by atoms with Gasteiger partial charge in [-0.3, -0.25) is 0 Å². The van der Waals surface area contributed by atoms with E-state index in [9.17, 15) is 0 Å². The van der Waals surface area contributed by atoms with E-state index in [-0.39, 0.29) is 5.54 Å². The first kappa shape index (κ1) is 8.29. The van der Waals surface area contributed by atoms with Crippen molar-refractivity contribution in [2.45, 2.75) is 37.8 Å². The second-order valence-corrected chi connectivity index (χ2v) is 4.42. The topological polar surface area (TPSA) is 55.9 Å². The second kappa shape index (κ2) is 2.73. The van der Waals surface area contributed by atoms with Crippen molar-refractivity contribution in [3.8, 4) is 0 Å². The number of anilines is 1. The molecule has 0 aromatic carbocycles. The maximum Gasteiger partial charge on any atom is 0.129 e. The van der Waals surface area contributed by atoms with Crippen LogP contribution < -0.4 is 11.1 Å². The van der Waals surface area contributed by atoms with Crippen molar-refractivity contribution in [3.63, 3.8) is 0 Å². The van der Waals surface area contributed by atoms with E-state index in [0.717, 1.165) is 32.4 Å². The summed E-state index contributed by atoms with van der Waals surface area (Å²) in [4.78, 5) is 0. The molecule has 1 aromatic rings. The zero-order valence-electron chi connectivity index (χ0n) is 8.29. The van der Waals surface area contributed by atoms with Gasteiger partial charge in [0, 0.05) is 24.2 Å². The van der Waals surface area contributed by atoms with Gasteiger partial charge in [0.25, 0.3) is 0 Å². The van der Waals surface area contributed by atoms with Crippen molar-refractivity contribution in [1.29, 1.82) is 0 Å². The summed E-state index contributed by atoms with van der Waals surface area (Å²) in [7, 11) is 0. The van der Waals surface area contributed by atoms with E-state index in [1.807, 2.05) is 10.9 Å². The van der Waals surface area contributed by atoms with Gasteiger partial charge < -0.3 is 11.1 Å². The lowest BCUT2D eigenvalue weighted by Crippen LogP contribution is -2.43. The van der Waals surface area contributed by atoms with Crippen molar-refractivity contribution < 1.29 is 0 Å². The normalized spacial score (nSPS) is 23.5. The molecule has 0 amide bonds. The fourth-order valence-corrected chi connectivity index (χ4v) is 2.37. The molecule has 3 rings (SSSR count). The van der Waals surface area contributed by atoms with E-state index in [1.54, 1.807) is 0 Å². The lowest BCUT2D eigenvalue weighted by atomic mass is 9.73. The van der Waals surface area contributed by atoms with E-state index < -0.39 is 0 Å². The standard InChI is InChI=1S/C10H16N4/c11-10(3-1-4-10)8-7-13-14-6-2-5-12-9(8)14/h7,12H,1-6,11H2. The Morgan fingerprint density at radius 1 is 1.43 bits per heavy atom. The minimum atomic E-state index is -0.0854. The summed E-state index contributed by atoms with van der Waals surface area (Å²) in [6.07, 6.45) is 6.57. The highest BCUT2D eigenvalue weighted by atomic mass is 15.3. The number of nitrogens with two attached hydrogens (primary N) is 1. The number of nitrogens with zero attached hydrogens (tertiary/aromatic N) is 2. The molecule has 3 N–H and O–H groups in total. The smallest absolute Gasteiger partial charge is 0.129 e. The van der Waals surface area contributed by atoms with Gasteiger partial charge in [-0.15, -0.1) is 0 Å². The van der Waals surface area contributed by atoms with Crippen molar-refractivity contribution in [3.05, 3.63) is 11.8 Å². The van der Waals surface area contributed by atoms with Crippen LogP contribution in [0.25, 0.3) is 0 Å². The summed E-state index contributed by atoms with van der Waals surface area (Å²) < 4.78 is 2.05. The minimum absolute atomic E-state index is 0.0854. The Bertz CT molecular complexity index is 351. The summed E-state index contributed by atoms with van der Waals surface area (Å²) in [5.41, 5.74) is 7.44. The summed E-state index contributed by atoms with van der Waals surface area (Å²) in [6, 6.07) is 0. The number of rotatable bonds is 1. The predicted molar refractivity (Wildman–Crippen MR) is 55.1 cm³/mol. The van der Waals surface area contributed by atoms with Gasteiger partial charge in [0.2, 0.25) is 0 Å². The van der Waals surface area contributed by atoms with Gasteiger partial charge >= 0.3 is 0 Å². The Morgan fingerprint density at radius 3 is 3.00 bits per heavy atom. The number of aromatic nitrogens is 2. The SMILES string of the molecule is NC1(c2cnn3c2NCCC3)CCC1. The summed E-state index contributed by atoms with van der Waals surface area (Å²) >= 11 is 0. The van der Waals surface area contributed by atoms with Crippen LogP contribution in [-0.4, -0.2) is 16.3 Å². The molecule has 0 radical (unpaired) electrons. The third kappa shape index (κ3) is 1.00. The van der Waals surface area contributed by atoms with Gasteiger partial charge in [-0.05, 0) is 25.7 Å². The van der Waals surface area contributed by atoms with E-state index >= 15 is 0 Å². The molecule has 0 spiro atoms. The zero-order chi connectivity index (χ0) is 9.60. The molecule has 1 aliphatic heterocycles. The molecule has 1 saturated carbocycles. The van der Waals surface area contributed by atoms with E-state index in [4.69, 9.17) is 5.73 Å². The molecule has 1 aromatic heterocycles. The summed E-state index contributed by atoms with van der Waals surface area (Å²) in [5, 5.41) is 7.78. The molecule has 1 fully saturated rings. The molecule has 0 saturated heterocycles. The van der Waals surface area contributed by atoms with Crippen LogP contribution >= 0.6 is 0 Å². The van der Waals surface area contributed by atoms with Gasteiger partial charge in [0.15, 0.2) is 0 Å². The van der Waals surface area contributed by atoms with E-state index in [0.29, 0.717) is 0 Å². The highest BCUT2D eigenvalue weighted by molar-refractivity contribution is 5.49. The second-order valence-electron chi connectivity index (χ2n) is 4.42. The number of nitrogens with one attached hydrogen (secondary N) is 1. The lowest BCUT2D eigenvalue weighted by molar-refractivity contribution is 0.254. The molecule has 14 heavy (non-hydrogen) atoms. The van der Waals surface area contributed by atoms with E-state index in [2.05, 4.69) is 10.4 Å². The quantitative estimate of drug-likeness (QED) is 0.699.